The second-order valence-corrected chi connectivity index (χ2v) is 25.3. The van der Waals surface area contributed by atoms with Crippen molar-refractivity contribution in [3.8, 4) is 11.1 Å². The van der Waals surface area contributed by atoms with Gasteiger partial charge in [0.15, 0.2) is 0 Å². The van der Waals surface area contributed by atoms with E-state index in [1.165, 1.54) is 133 Å². The molecule has 0 fully saturated rings. The molecular weight excluding hydrogens is 931 g/mol. The van der Waals surface area contributed by atoms with Gasteiger partial charge in [-0.25, -0.2) is 0 Å². The lowest BCUT2D eigenvalue weighted by atomic mass is 9.62. The summed E-state index contributed by atoms with van der Waals surface area (Å²) in [5.74, 6) is 0.318. The van der Waals surface area contributed by atoms with E-state index in [9.17, 15) is 0 Å². The van der Waals surface area contributed by atoms with Crippen molar-refractivity contribution in [1.29, 1.82) is 0 Å². The minimum Gasteiger partial charge on any atom is -0.334 e. The van der Waals surface area contributed by atoms with E-state index >= 15 is 0 Å². The molecule has 3 nitrogen and oxygen atoms in total. The zero-order valence-electron chi connectivity index (χ0n) is 45.5. The van der Waals surface area contributed by atoms with E-state index in [2.05, 4.69) is 270 Å². The van der Waals surface area contributed by atoms with Crippen LogP contribution in [0.1, 0.15) is 102 Å². The molecule has 2 unspecified atom stereocenters. The van der Waals surface area contributed by atoms with E-state index in [0.717, 1.165) is 18.5 Å². The highest BCUT2D eigenvalue weighted by Gasteiger charge is 2.49. The summed E-state index contributed by atoms with van der Waals surface area (Å²) < 4.78 is 2.76. The fourth-order valence-electron chi connectivity index (χ4n) is 15.7. The van der Waals surface area contributed by atoms with Crippen LogP contribution in [0.3, 0.4) is 0 Å². The van der Waals surface area contributed by atoms with Crippen LogP contribution in [0.2, 0.25) is 0 Å². The molecule has 77 heavy (non-hydrogen) atoms. The topological polar surface area (TPSA) is 11.4 Å². The lowest BCUT2D eigenvalue weighted by Gasteiger charge is -2.48. The monoisotopic (exact) mass is 994 g/mol. The highest BCUT2D eigenvalue weighted by atomic mass is 15.2. The van der Waals surface area contributed by atoms with Crippen LogP contribution in [0, 0.1) is 5.92 Å². The third kappa shape index (κ3) is 5.98. The van der Waals surface area contributed by atoms with Crippen LogP contribution in [-0.4, -0.2) is 10.6 Å². The predicted molar refractivity (Wildman–Crippen MR) is 326 cm³/mol. The normalized spacial score (nSPS) is 20.1. The van der Waals surface area contributed by atoms with Gasteiger partial charge < -0.3 is 14.4 Å². The number of fused-ring (bicyclic) bond motifs is 9. The first-order chi connectivity index (χ1) is 37.2. The standard InChI is InChI=1S/C74H63N3/c1-71(2)60-24-15-13-22-54(60)56-34-32-50(40-64(56)71)75(48-30-28-44-18-9-11-20-46(44)36-48)52-38-58-59-39-53(43-67-69(59)77-68(58)66(42-52)73(5,6)62-26-17-27-63(70(62)77)74(67,7)8)76(49-31-29-45-19-10-12-21-47(45)37-49)51-33-35-57-55-23-14-16-25-61(55)72(3,4)65(57)41-51/h9-26,28-32,34-43,51,63H,27,33H2,1-8H3. The SMILES string of the molecule is CC1(C)C2=CC(N(c3ccc4ccccc4c3)c3cc4c5c(c3)c3cc(N(c6ccc7c(c6)C(C)(C)c6ccccc6-7)c6ccc7ccccc7c6)cc6c3n5C3=C(C=CCC3C4(C)C)C6(C)C)CC=C2c2ccccc21. The average Bonchev–Trinajstić information content (AvgIpc) is 4.24. The third-order valence-corrected chi connectivity index (χ3v) is 19.8. The third-order valence-electron chi connectivity index (χ3n) is 19.8. The molecule has 2 aliphatic heterocycles. The van der Waals surface area contributed by atoms with Crippen LogP contribution in [-0.2, 0) is 21.7 Å². The van der Waals surface area contributed by atoms with E-state index in [1.54, 1.807) is 0 Å². The largest absolute Gasteiger partial charge is 0.334 e. The Morgan fingerprint density at radius 3 is 1.74 bits per heavy atom. The molecule has 10 aromatic rings. The minimum atomic E-state index is -0.267. The lowest BCUT2D eigenvalue weighted by molar-refractivity contribution is 0.371. The van der Waals surface area contributed by atoms with Crippen molar-refractivity contribution in [3.05, 3.63) is 245 Å². The first-order valence-electron chi connectivity index (χ1n) is 28.1. The van der Waals surface area contributed by atoms with Gasteiger partial charge in [-0.15, -0.1) is 0 Å². The van der Waals surface area contributed by atoms with Crippen LogP contribution in [0.4, 0.5) is 28.4 Å². The van der Waals surface area contributed by atoms with Crippen molar-refractivity contribution in [3.63, 3.8) is 0 Å². The molecule has 0 amide bonds. The molecule has 0 spiro atoms. The molecule has 1 aromatic heterocycles. The van der Waals surface area contributed by atoms with Crippen LogP contribution >= 0.6 is 0 Å². The summed E-state index contributed by atoms with van der Waals surface area (Å²) in [6.45, 7) is 19.7. The summed E-state index contributed by atoms with van der Waals surface area (Å²) in [4.78, 5) is 5.28. The average molecular weight is 994 g/mol. The van der Waals surface area contributed by atoms with Gasteiger partial charge in [0, 0.05) is 72.5 Å². The number of hydrogen-bond donors (Lipinski definition) is 0. The summed E-state index contributed by atoms with van der Waals surface area (Å²) >= 11 is 0. The van der Waals surface area contributed by atoms with Gasteiger partial charge >= 0.3 is 0 Å². The Morgan fingerprint density at radius 2 is 1.00 bits per heavy atom. The second-order valence-electron chi connectivity index (χ2n) is 25.3. The van der Waals surface area contributed by atoms with Crippen LogP contribution in [0.5, 0.6) is 0 Å². The van der Waals surface area contributed by atoms with Crippen molar-refractivity contribution in [2.24, 2.45) is 5.92 Å². The minimum absolute atomic E-state index is 0.0900. The predicted octanol–water partition coefficient (Wildman–Crippen LogP) is 19.5. The van der Waals surface area contributed by atoms with Gasteiger partial charge in [0.25, 0.3) is 0 Å². The maximum Gasteiger partial charge on any atom is 0.0580 e. The molecule has 4 aliphatic carbocycles. The van der Waals surface area contributed by atoms with Gasteiger partial charge in [0.2, 0.25) is 0 Å². The van der Waals surface area contributed by atoms with Gasteiger partial charge in [0.05, 0.1) is 17.1 Å². The fraction of sp³-hybridized carbons (Fsp3) is 0.216. The fourth-order valence-corrected chi connectivity index (χ4v) is 15.7. The number of anilines is 5. The van der Waals surface area contributed by atoms with E-state index in [4.69, 9.17) is 0 Å². The van der Waals surface area contributed by atoms with Gasteiger partial charge in [-0.1, -0.05) is 195 Å². The van der Waals surface area contributed by atoms with Crippen molar-refractivity contribution in [1.82, 2.24) is 4.57 Å². The first-order valence-corrected chi connectivity index (χ1v) is 28.1. The molecular formula is C74H63N3. The van der Waals surface area contributed by atoms with Crippen LogP contribution in [0.25, 0.3) is 65.7 Å². The van der Waals surface area contributed by atoms with Gasteiger partial charge in [-0.05, 0) is 156 Å². The van der Waals surface area contributed by atoms with Gasteiger partial charge in [-0.3, -0.25) is 0 Å². The van der Waals surface area contributed by atoms with Crippen LogP contribution < -0.4 is 9.80 Å². The molecule has 0 saturated heterocycles. The molecule has 0 radical (unpaired) electrons. The molecule has 16 rings (SSSR count). The zero-order valence-corrected chi connectivity index (χ0v) is 45.5. The molecule has 374 valence electrons. The highest BCUT2D eigenvalue weighted by Crippen LogP contribution is 2.61. The summed E-state index contributed by atoms with van der Waals surface area (Å²) in [5, 5.41) is 7.63. The Kier molecular flexibility index (Phi) is 8.95. The molecule has 2 atom stereocenters. The maximum absolute atomic E-state index is 2.76. The Balaban J connectivity index is 0.980. The van der Waals surface area contributed by atoms with E-state index in [-0.39, 0.29) is 27.7 Å². The Morgan fingerprint density at radius 1 is 0.442 bits per heavy atom. The lowest BCUT2D eigenvalue weighted by Crippen LogP contribution is -2.41. The number of benzene rings is 9. The summed E-state index contributed by atoms with van der Waals surface area (Å²) in [5.41, 5.74) is 24.9. The molecule has 0 saturated carbocycles. The number of aromatic nitrogens is 1. The number of allylic oxidation sites excluding steroid dienone is 6. The molecule has 0 N–H and O–H groups in total. The number of nitrogens with zero attached hydrogens (tertiary/aromatic N) is 3. The Labute approximate surface area is 452 Å². The first kappa shape index (κ1) is 45.1. The molecule has 3 heterocycles. The van der Waals surface area contributed by atoms with E-state index in [1.807, 2.05) is 0 Å². The van der Waals surface area contributed by atoms with Crippen molar-refractivity contribution in [2.45, 2.75) is 95.9 Å². The van der Waals surface area contributed by atoms with Crippen molar-refractivity contribution < 1.29 is 0 Å². The number of hydrogen-bond acceptors (Lipinski definition) is 2. The summed E-state index contributed by atoms with van der Waals surface area (Å²) in [6, 6.07) is 67.7. The van der Waals surface area contributed by atoms with Crippen molar-refractivity contribution >= 4 is 83.1 Å². The maximum atomic E-state index is 2.76. The molecule has 6 aliphatic rings. The zero-order chi connectivity index (χ0) is 52.1. The Hall–Kier alpha value is -8.14. The molecule has 9 aromatic carbocycles. The Bertz CT molecular complexity index is 4420. The quantitative estimate of drug-likeness (QED) is 0.164. The van der Waals surface area contributed by atoms with Gasteiger partial charge in [-0.2, -0.15) is 0 Å². The van der Waals surface area contributed by atoms with E-state index < -0.39 is 0 Å². The van der Waals surface area contributed by atoms with Crippen LogP contribution in [0.15, 0.2) is 211 Å². The summed E-state index contributed by atoms with van der Waals surface area (Å²) in [7, 11) is 0. The second kappa shape index (κ2) is 15.3. The van der Waals surface area contributed by atoms with E-state index in [0.29, 0.717) is 5.92 Å². The number of rotatable bonds is 6. The summed E-state index contributed by atoms with van der Waals surface area (Å²) in [6.07, 6.45) is 12.1. The molecule has 3 heteroatoms. The van der Waals surface area contributed by atoms with Crippen molar-refractivity contribution in [2.75, 3.05) is 9.80 Å². The van der Waals surface area contributed by atoms with Gasteiger partial charge in [0.1, 0.15) is 0 Å². The smallest absolute Gasteiger partial charge is 0.0580 e. The highest BCUT2D eigenvalue weighted by molar-refractivity contribution is 6.17. The molecule has 0 bridgehead atoms.